The molecular weight excluding hydrogens is 330 g/mol. The molecule has 1 aliphatic rings. The van der Waals surface area contributed by atoms with Gasteiger partial charge in [0, 0.05) is 18.3 Å². The highest BCUT2D eigenvalue weighted by molar-refractivity contribution is 5.97. The summed E-state index contributed by atoms with van der Waals surface area (Å²) in [5, 5.41) is 0. The normalized spacial score (nSPS) is 13.6. The fourth-order valence-electron chi connectivity index (χ4n) is 3.16. The molecule has 6 nitrogen and oxygen atoms in total. The van der Waals surface area contributed by atoms with E-state index in [0.717, 1.165) is 24.2 Å². The Hall–Kier alpha value is -3.02. The Balaban J connectivity index is 1.66. The highest BCUT2D eigenvalue weighted by atomic mass is 16.5. The van der Waals surface area contributed by atoms with E-state index in [1.807, 2.05) is 39.9 Å². The highest BCUT2D eigenvalue weighted by Gasteiger charge is 2.34. The van der Waals surface area contributed by atoms with Crippen molar-refractivity contribution in [2.75, 3.05) is 14.2 Å². The number of aromatic nitrogens is 2. The number of rotatable bonds is 6. The highest BCUT2D eigenvalue weighted by Crippen LogP contribution is 2.33. The van der Waals surface area contributed by atoms with E-state index in [9.17, 15) is 4.79 Å². The number of benzene rings is 1. The number of hydrogen-bond acceptors (Lipinski definition) is 4. The van der Waals surface area contributed by atoms with E-state index in [1.165, 1.54) is 0 Å². The van der Waals surface area contributed by atoms with Gasteiger partial charge in [-0.2, -0.15) is 0 Å². The number of hydrogen-bond donors (Lipinski definition) is 0. The van der Waals surface area contributed by atoms with Gasteiger partial charge < -0.3 is 18.8 Å². The molecule has 1 aromatic carbocycles. The SMILES string of the molecule is COc1ccc(C(=O)N(Cc2cnc3ccccn23)C2CC2)c(OC)c1. The number of amides is 1. The third-order valence-electron chi connectivity index (χ3n) is 4.71. The Kier molecular flexibility index (Phi) is 4.24. The number of fused-ring (bicyclic) bond motifs is 1. The van der Waals surface area contributed by atoms with Crippen LogP contribution in [0, 0.1) is 0 Å². The molecular formula is C20H21N3O3. The van der Waals surface area contributed by atoms with Crippen LogP contribution in [-0.4, -0.2) is 40.5 Å². The standard InChI is InChI=1S/C20H21N3O3/c1-25-16-8-9-17(18(11-16)26-2)20(24)23(14-6-7-14)13-15-12-21-19-5-3-4-10-22(15)19/h3-5,8-12,14H,6-7,13H2,1-2H3. The molecule has 0 unspecified atom stereocenters. The molecule has 3 aromatic rings. The third kappa shape index (κ3) is 2.98. The predicted octanol–water partition coefficient (Wildman–Crippen LogP) is 3.16. The molecule has 2 heterocycles. The topological polar surface area (TPSA) is 56.1 Å². The number of pyridine rings is 1. The molecule has 26 heavy (non-hydrogen) atoms. The summed E-state index contributed by atoms with van der Waals surface area (Å²) in [6.07, 6.45) is 5.87. The first kappa shape index (κ1) is 16.4. The summed E-state index contributed by atoms with van der Waals surface area (Å²) in [6.45, 7) is 0.518. The second-order valence-corrected chi connectivity index (χ2v) is 6.41. The lowest BCUT2D eigenvalue weighted by molar-refractivity contribution is 0.0724. The van der Waals surface area contributed by atoms with E-state index in [2.05, 4.69) is 4.98 Å². The Morgan fingerprint density at radius 1 is 1.23 bits per heavy atom. The molecule has 0 atom stereocenters. The first-order valence-electron chi connectivity index (χ1n) is 8.65. The van der Waals surface area contributed by atoms with Crippen LogP contribution in [0.5, 0.6) is 11.5 Å². The van der Waals surface area contributed by atoms with Gasteiger partial charge in [-0.3, -0.25) is 4.79 Å². The average molecular weight is 351 g/mol. The van der Waals surface area contributed by atoms with Crippen molar-refractivity contribution in [1.29, 1.82) is 0 Å². The minimum absolute atomic E-state index is 0.0297. The van der Waals surface area contributed by atoms with Gasteiger partial charge in [0.1, 0.15) is 17.1 Å². The van der Waals surface area contributed by atoms with Crippen LogP contribution in [0.15, 0.2) is 48.8 Å². The van der Waals surface area contributed by atoms with Gasteiger partial charge in [-0.15, -0.1) is 0 Å². The van der Waals surface area contributed by atoms with Gasteiger partial charge in [0.25, 0.3) is 5.91 Å². The summed E-state index contributed by atoms with van der Waals surface area (Å²) in [5.41, 5.74) is 2.43. The molecule has 1 aliphatic carbocycles. The molecule has 1 saturated carbocycles. The van der Waals surface area contributed by atoms with Crippen molar-refractivity contribution in [3.63, 3.8) is 0 Å². The van der Waals surface area contributed by atoms with E-state index in [1.54, 1.807) is 32.4 Å². The summed E-state index contributed by atoms with van der Waals surface area (Å²) in [6, 6.07) is 11.4. The molecule has 134 valence electrons. The lowest BCUT2D eigenvalue weighted by atomic mass is 10.1. The molecule has 0 spiro atoms. The molecule has 4 rings (SSSR count). The molecule has 0 bridgehead atoms. The van der Waals surface area contributed by atoms with Crippen LogP contribution in [0.3, 0.4) is 0 Å². The van der Waals surface area contributed by atoms with Crippen LogP contribution in [0.25, 0.3) is 5.65 Å². The van der Waals surface area contributed by atoms with Gasteiger partial charge in [-0.1, -0.05) is 6.07 Å². The van der Waals surface area contributed by atoms with E-state index >= 15 is 0 Å². The van der Waals surface area contributed by atoms with Crippen LogP contribution >= 0.6 is 0 Å². The van der Waals surface area contributed by atoms with Crippen molar-refractivity contribution in [3.8, 4) is 11.5 Å². The van der Waals surface area contributed by atoms with Gasteiger partial charge in [-0.05, 0) is 37.1 Å². The maximum atomic E-state index is 13.2. The largest absolute Gasteiger partial charge is 0.497 e. The third-order valence-corrected chi connectivity index (χ3v) is 4.71. The van der Waals surface area contributed by atoms with E-state index in [-0.39, 0.29) is 11.9 Å². The Morgan fingerprint density at radius 3 is 2.81 bits per heavy atom. The zero-order chi connectivity index (χ0) is 18.1. The number of imidazole rings is 1. The zero-order valence-electron chi connectivity index (χ0n) is 14.9. The summed E-state index contributed by atoms with van der Waals surface area (Å²) in [4.78, 5) is 19.6. The number of carbonyl (C=O) groups excluding carboxylic acids is 1. The van der Waals surface area contributed by atoms with Gasteiger partial charge in [0.05, 0.1) is 38.2 Å². The smallest absolute Gasteiger partial charge is 0.258 e. The van der Waals surface area contributed by atoms with Crippen LogP contribution in [-0.2, 0) is 6.54 Å². The molecule has 0 aliphatic heterocycles. The fraction of sp³-hybridized carbons (Fsp3) is 0.300. The minimum Gasteiger partial charge on any atom is -0.497 e. The maximum Gasteiger partial charge on any atom is 0.258 e. The van der Waals surface area contributed by atoms with Crippen molar-refractivity contribution in [1.82, 2.24) is 14.3 Å². The van der Waals surface area contributed by atoms with Crippen molar-refractivity contribution in [2.24, 2.45) is 0 Å². The predicted molar refractivity (Wildman–Crippen MR) is 97.6 cm³/mol. The van der Waals surface area contributed by atoms with E-state index in [4.69, 9.17) is 9.47 Å². The maximum absolute atomic E-state index is 13.2. The Labute approximate surface area is 152 Å². The van der Waals surface area contributed by atoms with Crippen molar-refractivity contribution < 1.29 is 14.3 Å². The van der Waals surface area contributed by atoms with E-state index < -0.39 is 0 Å². The minimum atomic E-state index is -0.0297. The monoisotopic (exact) mass is 351 g/mol. The lowest BCUT2D eigenvalue weighted by Crippen LogP contribution is -2.33. The Morgan fingerprint density at radius 2 is 2.08 bits per heavy atom. The van der Waals surface area contributed by atoms with Crippen LogP contribution in [0.1, 0.15) is 28.9 Å². The van der Waals surface area contributed by atoms with Gasteiger partial charge in [0.2, 0.25) is 0 Å². The second kappa shape index (κ2) is 6.71. The van der Waals surface area contributed by atoms with Crippen molar-refractivity contribution in [3.05, 3.63) is 60.0 Å². The number of carbonyl (C=O) groups is 1. The number of methoxy groups -OCH3 is 2. The Bertz CT molecular complexity index is 946. The lowest BCUT2D eigenvalue weighted by Gasteiger charge is -2.23. The molecule has 0 saturated heterocycles. The molecule has 2 aromatic heterocycles. The molecule has 1 fully saturated rings. The van der Waals surface area contributed by atoms with E-state index in [0.29, 0.717) is 23.6 Å². The summed E-state index contributed by atoms with van der Waals surface area (Å²) in [7, 11) is 3.16. The van der Waals surface area contributed by atoms with Crippen LogP contribution < -0.4 is 9.47 Å². The fourth-order valence-corrected chi connectivity index (χ4v) is 3.16. The first-order valence-corrected chi connectivity index (χ1v) is 8.65. The molecule has 1 amide bonds. The van der Waals surface area contributed by atoms with Gasteiger partial charge in [-0.25, -0.2) is 4.98 Å². The van der Waals surface area contributed by atoms with Gasteiger partial charge >= 0.3 is 0 Å². The number of nitrogens with zero attached hydrogens (tertiary/aromatic N) is 3. The van der Waals surface area contributed by atoms with Crippen molar-refractivity contribution >= 4 is 11.6 Å². The van der Waals surface area contributed by atoms with Gasteiger partial charge in [0.15, 0.2) is 0 Å². The number of ether oxygens (including phenoxy) is 2. The zero-order valence-corrected chi connectivity index (χ0v) is 14.9. The second-order valence-electron chi connectivity index (χ2n) is 6.41. The summed E-state index contributed by atoms with van der Waals surface area (Å²) >= 11 is 0. The first-order chi connectivity index (χ1) is 12.7. The quantitative estimate of drug-likeness (QED) is 0.685. The average Bonchev–Trinajstić information content (AvgIpc) is 3.45. The molecule has 0 N–H and O–H groups in total. The van der Waals surface area contributed by atoms with Crippen LogP contribution in [0.2, 0.25) is 0 Å². The van der Waals surface area contributed by atoms with Crippen LogP contribution in [0.4, 0.5) is 0 Å². The summed E-state index contributed by atoms with van der Waals surface area (Å²) in [5.74, 6) is 1.16. The summed E-state index contributed by atoms with van der Waals surface area (Å²) < 4.78 is 12.7. The molecule has 6 heteroatoms. The van der Waals surface area contributed by atoms with Crippen molar-refractivity contribution in [2.45, 2.75) is 25.4 Å². The molecule has 0 radical (unpaired) electrons.